The summed E-state index contributed by atoms with van der Waals surface area (Å²) < 4.78 is 1.63. The Balaban J connectivity index is 2.68. The Kier molecular flexibility index (Phi) is 5.09. The average Bonchev–Trinajstić information content (AvgIpc) is 2.63. The smallest absolute Gasteiger partial charge is 0.326 e. The van der Waals surface area contributed by atoms with Crippen LogP contribution in [0, 0.1) is 12.8 Å². The molecule has 1 aromatic rings. The molecular weight excluding hydrogens is 246 g/mol. The van der Waals surface area contributed by atoms with Gasteiger partial charge in [-0.15, -0.1) is 0 Å². The normalized spacial score (nSPS) is 13.9. The van der Waals surface area contributed by atoms with Crippen LogP contribution in [-0.2, 0) is 23.1 Å². The second kappa shape index (κ2) is 6.36. The van der Waals surface area contributed by atoms with Gasteiger partial charge in [0.15, 0.2) is 0 Å². The first-order chi connectivity index (χ1) is 8.85. The number of aliphatic carboxylic acids is 1. The summed E-state index contributed by atoms with van der Waals surface area (Å²) in [7, 11) is 1.76. The number of aryl methyl sites for hydroxylation is 2. The van der Waals surface area contributed by atoms with Crippen LogP contribution >= 0.6 is 0 Å². The number of nitrogens with zero attached hydrogens (tertiary/aromatic N) is 2. The van der Waals surface area contributed by atoms with E-state index in [1.54, 1.807) is 11.7 Å². The van der Waals surface area contributed by atoms with E-state index in [2.05, 4.69) is 10.4 Å². The lowest BCUT2D eigenvalue weighted by Crippen LogP contribution is -2.45. The number of hydrogen-bond acceptors (Lipinski definition) is 3. The quantitative estimate of drug-likeness (QED) is 0.801. The predicted molar refractivity (Wildman–Crippen MR) is 70.7 cm³/mol. The highest BCUT2D eigenvalue weighted by Crippen LogP contribution is 2.09. The van der Waals surface area contributed by atoms with Gasteiger partial charge in [-0.3, -0.25) is 9.48 Å². The molecule has 2 atom stereocenters. The molecule has 0 unspecified atom stereocenters. The van der Waals surface area contributed by atoms with Crippen LogP contribution in [0.5, 0.6) is 0 Å². The van der Waals surface area contributed by atoms with Gasteiger partial charge < -0.3 is 10.4 Å². The number of carboxylic acid groups (broad SMARTS) is 1. The van der Waals surface area contributed by atoms with Crippen LogP contribution in [0.3, 0.4) is 0 Å². The van der Waals surface area contributed by atoms with E-state index >= 15 is 0 Å². The molecule has 0 aliphatic carbocycles. The zero-order valence-electron chi connectivity index (χ0n) is 11.8. The Morgan fingerprint density at radius 1 is 1.53 bits per heavy atom. The molecule has 1 amide bonds. The highest BCUT2D eigenvalue weighted by atomic mass is 16.4. The van der Waals surface area contributed by atoms with Crippen LogP contribution in [0.1, 0.15) is 31.7 Å². The molecule has 0 spiro atoms. The van der Waals surface area contributed by atoms with Gasteiger partial charge in [0.2, 0.25) is 5.91 Å². The molecule has 0 saturated carbocycles. The molecule has 106 valence electrons. The minimum Gasteiger partial charge on any atom is -0.480 e. The maximum absolute atomic E-state index is 11.9. The van der Waals surface area contributed by atoms with Crippen LogP contribution in [0.4, 0.5) is 0 Å². The van der Waals surface area contributed by atoms with Gasteiger partial charge in [0, 0.05) is 12.7 Å². The third kappa shape index (κ3) is 4.08. The number of hydrogen-bond donors (Lipinski definition) is 2. The monoisotopic (exact) mass is 267 g/mol. The molecule has 0 fully saturated rings. The van der Waals surface area contributed by atoms with E-state index in [0.717, 1.165) is 11.4 Å². The molecule has 6 heteroatoms. The summed E-state index contributed by atoms with van der Waals surface area (Å²) in [4.78, 5) is 23.0. The molecule has 1 rings (SSSR count). The average molecular weight is 267 g/mol. The molecule has 0 radical (unpaired) electrons. The molecule has 1 heterocycles. The third-order valence-corrected chi connectivity index (χ3v) is 3.24. The van der Waals surface area contributed by atoms with Gasteiger partial charge in [0.05, 0.1) is 12.1 Å². The van der Waals surface area contributed by atoms with Gasteiger partial charge in [0.1, 0.15) is 6.04 Å². The van der Waals surface area contributed by atoms with Gasteiger partial charge in [0.25, 0.3) is 0 Å². The zero-order valence-corrected chi connectivity index (χ0v) is 11.8. The lowest BCUT2D eigenvalue weighted by atomic mass is 9.99. The fraction of sp³-hybridized carbons (Fsp3) is 0.615. The lowest BCUT2D eigenvalue weighted by Gasteiger charge is -2.20. The van der Waals surface area contributed by atoms with Crippen LogP contribution in [-0.4, -0.2) is 32.8 Å². The lowest BCUT2D eigenvalue weighted by molar-refractivity contribution is -0.143. The molecule has 0 saturated heterocycles. The van der Waals surface area contributed by atoms with Gasteiger partial charge in [-0.05, 0) is 18.9 Å². The number of carbonyl (C=O) groups excluding carboxylic acids is 1. The van der Waals surface area contributed by atoms with Crippen molar-refractivity contribution in [2.45, 2.75) is 39.7 Å². The predicted octanol–water partition coefficient (Wildman–Crippen LogP) is 0.887. The molecule has 0 aliphatic heterocycles. The Hall–Kier alpha value is -1.85. The molecule has 0 aromatic carbocycles. The van der Waals surface area contributed by atoms with Gasteiger partial charge in [-0.25, -0.2) is 4.79 Å². The van der Waals surface area contributed by atoms with Crippen molar-refractivity contribution < 1.29 is 14.7 Å². The van der Waals surface area contributed by atoms with E-state index in [9.17, 15) is 9.59 Å². The first-order valence-electron chi connectivity index (χ1n) is 6.36. The summed E-state index contributed by atoms with van der Waals surface area (Å²) >= 11 is 0. The number of carboxylic acids is 1. The number of amides is 1. The van der Waals surface area contributed by atoms with Crippen molar-refractivity contribution >= 4 is 11.9 Å². The van der Waals surface area contributed by atoms with Crippen LogP contribution in [0.25, 0.3) is 0 Å². The van der Waals surface area contributed by atoms with Crippen molar-refractivity contribution in [2.24, 2.45) is 13.0 Å². The van der Waals surface area contributed by atoms with Gasteiger partial charge >= 0.3 is 5.97 Å². The van der Waals surface area contributed by atoms with E-state index in [0.29, 0.717) is 6.42 Å². The molecule has 6 nitrogen and oxygen atoms in total. The van der Waals surface area contributed by atoms with Crippen molar-refractivity contribution in [3.8, 4) is 0 Å². The Bertz CT molecular complexity index is 468. The standard InChI is InChI=1S/C13H21N3O3/c1-5-8(2)12(13(18)19)14-11(17)7-10-6-9(3)15-16(10)4/h6,8,12H,5,7H2,1-4H3,(H,14,17)(H,18,19)/t8-,12-/m0/s1. The second-order valence-electron chi connectivity index (χ2n) is 4.85. The van der Waals surface area contributed by atoms with Crippen molar-refractivity contribution in [2.75, 3.05) is 0 Å². The van der Waals surface area contributed by atoms with E-state index in [1.807, 2.05) is 26.8 Å². The summed E-state index contributed by atoms with van der Waals surface area (Å²) in [6, 6.07) is 0.977. The molecule has 0 aliphatic rings. The Morgan fingerprint density at radius 3 is 2.58 bits per heavy atom. The molecule has 2 N–H and O–H groups in total. The van der Waals surface area contributed by atoms with Crippen molar-refractivity contribution in [3.63, 3.8) is 0 Å². The highest BCUT2D eigenvalue weighted by molar-refractivity contribution is 5.84. The summed E-state index contributed by atoms with van der Waals surface area (Å²) in [5.74, 6) is -1.39. The number of aromatic nitrogens is 2. The minimum absolute atomic E-state index is 0.102. The number of rotatable bonds is 6. The second-order valence-corrected chi connectivity index (χ2v) is 4.85. The van der Waals surface area contributed by atoms with Crippen molar-refractivity contribution in [1.82, 2.24) is 15.1 Å². The molecular formula is C13H21N3O3. The van der Waals surface area contributed by atoms with E-state index < -0.39 is 12.0 Å². The summed E-state index contributed by atoms with van der Waals surface area (Å²) in [6.45, 7) is 5.56. The SMILES string of the molecule is CC[C@H](C)[C@H](NC(=O)Cc1cc(C)nn1C)C(=O)O. The Labute approximate surface area is 112 Å². The maximum Gasteiger partial charge on any atom is 0.326 e. The first-order valence-corrected chi connectivity index (χ1v) is 6.36. The summed E-state index contributed by atoms with van der Waals surface area (Å²) in [6.07, 6.45) is 0.833. The van der Waals surface area contributed by atoms with Crippen molar-refractivity contribution in [3.05, 3.63) is 17.5 Å². The van der Waals surface area contributed by atoms with Crippen LogP contribution in [0.15, 0.2) is 6.07 Å². The van der Waals surface area contributed by atoms with Gasteiger partial charge in [-0.1, -0.05) is 20.3 Å². The van der Waals surface area contributed by atoms with E-state index in [4.69, 9.17) is 5.11 Å². The molecule has 0 bridgehead atoms. The van der Waals surface area contributed by atoms with E-state index in [-0.39, 0.29) is 18.2 Å². The number of nitrogens with one attached hydrogen (secondary N) is 1. The molecule has 19 heavy (non-hydrogen) atoms. The minimum atomic E-state index is -0.996. The maximum atomic E-state index is 11.9. The van der Waals surface area contributed by atoms with Crippen LogP contribution in [0.2, 0.25) is 0 Å². The van der Waals surface area contributed by atoms with Crippen molar-refractivity contribution in [1.29, 1.82) is 0 Å². The number of carbonyl (C=O) groups is 2. The summed E-state index contributed by atoms with van der Waals surface area (Å²) in [5.41, 5.74) is 1.60. The Morgan fingerprint density at radius 2 is 2.16 bits per heavy atom. The largest absolute Gasteiger partial charge is 0.480 e. The highest BCUT2D eigenvalue weighted by Gasteiger charge is 2.25. The first kappa shape index (κ1) is 15.2. The third-order valence-electron chi connectivity index (χ3n) is 3.24. The molecule has 1 aromatic heterocycles. The fourth-order valence-corrected chi connectivity index (χ4v) is 1.90. The topological polar surface area (TPSA) is 84.2 Å². The van der Waals surface area contributed by atoms with Crippen LogP contribution < -0.4 is 5.32 Å². The van der Waals surface area contributed by atoms with E-state index in [1.165, 1.54) is 0 Å². The van der Waals surface area contributed by atoms with Gasteiger partial charge in [-0.2, -0.15) is 5.10 Å². The summed E-state index contributed by atoms with van der Waals surface area (Å²) in [5, 5.41) is 15.8. The fourth-order valence-electron chi connectivity index (χ4n) is 1.90. The zero-order chi connectivity index (χ0) is 14.6.